The fourth-order valence-electron chi connectivity index (χ4n) is 1.58. The number of carbonyl (C=O) groups excluding carboxylic acids is 1. The molecule has 1 aromatic heterocycles. The molecule has 0 spiro atoms. The van der Waals surface area contributed by atoms with Gasteiger partial charge in [-0.1, -0.05) is 11.6 Å². The maximum absolute atomic E-state index is 12.5. The number of halogens is 4. The second-order valence-corrected chi connectivity index (χ2v) is 4.52. The summed E-state index contributed by atoms with van der Waals surface area (Å²) in [4.78, 5) is 15.1. The van der Waals surface area contributed by atoms with E-state index in [4.69, 9.17) is 11.6 Å². The summed E-state index contributed by atoms with van der Waals surface area (Å²) in [5, 5.41) is 2.40. The Kier molecular flexibility index (Phi) is 3.47. The van der Waals surface area contributed by atoms with Crippen LogP contribution in [-0.4, -0.2) is 16.9 Å². The van der Waals surface area contributed by atoms with Crippen LogP contribution in [0.4, 0.5) is 13.2 Å². The van der Waals surface area contributed by atoms with Crippen LogP contribution in [0.3, 0.4) is 0 Å². The topological polar surface area (TPSA) is 42.0 Å². The van der Waals surface area contributed by atoms with Gasteiger partial charge in [-0.05, 0) is 25.3 Å². The van der Waals surface area contributed by atoms with Crippen molar-refractivity contribution in [2.75, 3.05) is 0 Å². The molecule has 1 heterocycles. The summed E-state index contributed by atoms with van der Waals surface area (Å²) < 4.78 is 37.5. The molecule has 1 amide bonds. The predicted octanol–water partition coefficient (Wildman–Crippen LogP) is 3.04. The largest absolute Gasteiger partial charge is 0.417 e. The van der Waals surface area contributed by atoms with Crippen molar-refractivity contribution in [2.45, 2.75) is 31.5 Å². The van der Waals surface area contributed by atoms with E-state index in [1.165, 1.54) is 0 Å². The second kappa shape index (κ2) is 4.76. The van der Waals surface area contributed by atoms with E-state index in [2.05, 4.69) is 10.3 Å². The summed E-state index contributed by atoms with van der Waals surface area (Å²) in [5.41, 5.74) is -1.22. The summed E-state index contributed by atoms with van der Waals surface area (Å²) >= 11 is 5.65. The number of alkyl halides is 3. The van der Waals surface area contributed by atoms with Crippen molar-refractivity contribution in [3.63, 3.8) is 0 Å². The Morgan fingerprint density at radius 3 is 2.61 bits per heavy atom. The quantitative estimate of drug-likeness (QED) is 0.845. The number of nitrogens with zero attached hydrogens (tertiary/aromatic N) is 1. The molecule has 1 saturated carbocycles. The van der Waals surface area contributed by atoms with Gasteiger partial charge >= 0.3 is 6.18 Å². The average Bonchev–Trinajstić information content (AvgIpc) is 2.22. The number of amides is 1. The lowest BCUT2D eigenvalue weighted by Crippen LogP contribution is -2.39. The van der Waals surface area contributed by atoms with Gasteiger partial charge in [0.05, 0.1) is 11.1 Å². The zero-order valence-corrected chi connectivity index (χ0v) is 9.98. The Bertz CT molecular complexity index is 472. The zero-order chi connectivity index (χ0) is 13.3. The molecule has 2 rings (SSSR count). The highest BCUT2D eigenvalue weighted by Crippen LogP contribution is 2.30. The van der Waals surface area contributed by atoms with Crippen LogP contribution in [0.25, 0.3) is 0 Å². The summed E-state index contributed by atoms with van der Waals surface area (Å²) in [6, 6.07) is 0.756. The van der Waals surface area contributed by atoms with Crippen molar-refractivity contribution in [1.29, 1.82) is 0 Å². The van der Waals surface area contributed by atoms with Gasteiger partial charge in [0.2, 0.25) is 0 Å². The normalized spacial score (nSPS) is 16.2. The molecule has 1 N–H and O–H groups in total. The Balaban J connectivity index is 2.22. The summed E-state index contributed by atoms with van der Waals surface area (Å²) in [6.07, 6.45) is -1.23. The number of rotatable bonds is 2. The molecule has 1 aliphatic rings. The van der Waals surface area contributed by atoms with E-state index in [-0.39, 0.29) is 16.8 Å². The van der Waals surface area contributed by atoms with Gasteiger partial charge in [0, 0.05) is 12.2 Å². The van der Waals surface area contributed by atoms with Gasteiger partial charge in [0.1, 0.15) is 5.15 Å². The van der Waals surface area contributed by atoms with Crippen LogP contribution < -0.4 is 5.32 Å². The Morgan fingerprint density at radius 2 is 2.11 bits per heavy atom. The van der Waals surface area contributed by atoms with E-state index in [0.717, 1.165) is 25.3 Å². The van der Waals surface area contributed by atoms with Crippen molar-refractivity contribution in [3.05, 3.63) is 28.5 Å². The first-order valence-electron chi connectivity index (χ1n) is 5.41. The summed E-state index contributed by atoms with van der Waals surface area (Å²) in [6.45, 7) is 0. The summed E-state index contributed by atoms with van der Waals surface area (Å²) in [5.74, 6) is -0.608. The Labute approximate surface area is 106 Å². The lowest BCUT2D eigenvalue weighted by molar-refractivity contribution is -0.137. The molecule has 0 atom stereocenters. The zero-order valence-electron chi connectivity index (χ0n) is 9.22. The summed E-state index contributed by atoms with van der Waals surface area (Å²) in [7, 11) is 0. The highest BCUT2D eigenvalue weighted by molar-refractivity contribution is 6.32. The minimum absolute atomic E-state index is 0.0307. The van der Waals surface area contributed by atoms with E-state index in [9.17, 15) is 18.0 Å². The van der Waals surface area contributed by atoms with E-state index >= 15 is 0 Å². The van der Waals surface area contributed by atoms with Crippen LogP contribution >= 0.6 is 11.6 Å². The van der Waals surface area contributed by atoms with Crippen LogP contribution in [0.5, 0.6) is 0 Å². The molecule has 3 nitrogen and oxygen atoms in total. The number of hydrogen-bond acceptors (Lipinski definition) is 2. The molecule has 1 aliphatic carbocycles. The Hall–Kier alpha value is -1.30. The van der Waals surface area contributed by atoms with Crippen molar-refractivity contribution in [2.24, 2.45) is 0 Å². The van der Waals surface area contributed by atoms with Crippen molar-refractivity contribution < 1.29 is 18.0 Å². The van der Waals surface area contributed by atoms with Gasteiger partial charge < -0.3 is 5.32 Å². The first-order chi connectivity index (χ1) is 8.38. The van der Waals surface area contributed by atoms with E-state index in [1.807, 2.05) is 0 Å². The van der Waals surface area contributed by atoms with Crippen LogP contribution in [0.15, 0.2) is 12.3 Å². The molecule has 7 heteroatoms. The Morgan fingerprint density at radius 1 is 1.44 bits per heavy atom. The number of aromatic nitrogens is 1. The second-order valence-electron chi connectivity index (χ2n) is 4.16. The van der Waals surface area contributed by atoms with Crippen LogP contribution in [-0.2, 0) is 6.18 Å². The fraction of sp³-hybridized carbons (Fsp3) is 0.455. The van der Waals surface area contributed by atoms with Crippen LogP contribution in [0.1, 0.15) is 35.2 Å². The number of carbonyl (C=O) groups is 1. The molecule has 18 heavy (non-hydrogen) atoms. The molecule has 1 aromatic rings. The molecule has 1 fully saturated rings. The lowest BCUT2D eigenvalue weighted by atomic mass is 9.93. The highest BCUT2D eigenvalue weighted by atomic mass is 35.5. The minimum Gasteiger partial charge on any atom is -0.349 e. The van der Waals surface area contributed by atoms with Crippen molar-refractivity contribution >= 4 is 17.5 Å². The molecule has 0 aliphatic heterocycles. The molecule has 0 saturated heterocycles. The van der Waals surface area contributed by atoms with Gasteiger partial charge in [-0.2, -0.15) is 13.2 Å². The van der Waals surface area contributed by atoms with Crippen LogP contribution in [0, 0.1) is 0 Å². The number of pyridine rings is 1. The minimum atomic E-state index is -4.54. The first-order valence-corrected chi connectivity index (χ1v) is 5.79. The maximum atomic E-state index is 12.5. The third-order valence-electron chi connectivity index (χ3n) is 2.85. The fourth-order valence-corrected chi connectivity index (χ4v) is 1.77. The smallest absolute Gasteiger partial charge is 0.349 e. The van der Waals surface area contributed by atoms with Crippen LogP contribution in [0.2, 0.25) is 5.15 Å². The number of nitrogens with one attached hydrogen (secondary N) is 1. The molecule has 0 unspecified atom stereocenters. The average molecular weight is 279 g/mol. The molecule has 0 radical (unpaired) electrons. The monoisotopic (exact) mass is 278 g/mol. The maximum Gasteiger partial charge on any atom is 0.417 e. The molecule has 0 aromatic carbocycles. The molecule has 0 bridgehead atoms. The van der Waals surface area contributed by atoms with E-state index in [0.29, 0.717) is 6.20 Å². The van der Waals surface area contributed by atoms with Crippen molar-refractivity contribution in [1.82, 2.24) is 10.3 Å². The van der Waals surface area contributed by atoms with Gasteiger partial charge in [-0.3, -0.25) is 4.79 Å². The third-order valence-corrected chi connectivity index (χ3v) is 3.15. The highest BCUT2D eigenvalue weighted by Gasteiger charge is 2.32. The SMILES string of the molecule is O=C(NC1CCC1)c1cc(C(F)(F)F)cnc1Cl. The standard InChI is InChI=1S/C11H10ClF3N2O/c12-9-8(10(18)17-7-2-1-3-7)4-6(5-16-9)11(13,14)15/h4-5,7H,1-3H2,(H,17,18). The molecular formula is C11H10ClF3N2O. The molecule has 98 valence electrons. The molecular weight excluding hydrogens is 269 g/mol. The predicted molar refractivity (Wildman–Crippen MR) is 59.4 cm³/mol. The van der Waals surface area contributed by atoms with Gasteiger partial charge in [-0.25, -0.2) is 4.98 Å². The third kappa shape index (κ3) is 2.75. The van der Waals surface area contributed by atoms with Gasteiger partial charge in [0.15, 0.2) is 0 Å². The van der Waals surface area contributed by atoms with Crippen molar-refractivity contribution in [3.8, 4) is 0 Å². The first kappa shape index (κ1) is 13.1. The van der Waals surface area contributed by atoms with E-state index < -0.39 is 17.6 Å². The lowest BCUT2D eigenvalue weighted by Gasteiger charge is -2.26. The number of hydrogen-bond donors (Lipinski definition) is 1. The van der Waals surface area contributed by atoms with Gasteiger partial charge in [-0.15, -0.1) is 0 Å². The van der Waals surface area contributed by atoms with E-state index in [1.54, 1.807) is 0 Å². The van der Waals surface area contributed by atoms with Gasteiger partial charge in [0.25, 0.3) is 5.91 Å².